The summed E-state index contributed by atoms with van der Waals surface area (Å²) in [6.07, 6.45) is 2.40. The zero-order chi connectivity index (χ0) is 14.8. The Morgan fingerprint density at radius 3 is 2.80 bits per heavy atom. The highest BCUT2D eigenvalue weighted by Gasteiger charge is 2.47. The van der Waals surface area contributed by atoms with E-state index in [1.165, 1.54) is 11.3 Å². The summed E-state index contributed by atoms with van der Waals surface area (Å²) in [6, 6.07) is 3.00. The maximum Gasteiger partial charge on any atom is 0.325 e. The average molecular weight is 294 g/mol. The first-order chi connectivity index (χ1) is 9.48. The number of hydrogen-bond donors (Lipinski definition) is 1. The molecule has 1 aliphatic heterocycles. The number of hydrogen-bond acceptors (Lipinski definition) is 4. The largest absolute Gasteiger partial charge is 0.325 e. The molecular weight excluding hydrogens is 276 g/mol. The molecular formula is C14H18N2O3S. The lowest BCUT2D eigenvalue weighted by Crippen LogP contribution is -2.44. The van der Waals surface area contributed by atoms with Gasteiger partial charge in [0.05, 0.1) is 11.4 Å². The molecule has 1 fully saturated rings. The van der Waals surface area contributed by atoms with Crippen LogP contribution in [-0.2, 0) is 4.79 Å². The highest BCUT2D eigenvalue weighted by Crippen LogP contribution is 2.24. The molecule has 1 N–H and O–H groups in total. The Kier molecular flexibility index (Phi) is 4.23. The Morgan fingerprint density at radius 2 is 2.20 bits per heavy atom. The summed E-state index contributed by atoms with van der Waals surface area (Å²) in [5.41, 5.74) is -0.872. The summed E-state index contributed by atoms with van der Waals surface area (Å²) in [4.78, 5) is 37.9. The lowest BCUT2D eigenvalue weighted by Gasteiger charge is -2.21. The van der Waals surface area contributed by atoms with Crippen molar-refractivity contribution in [3.63, 3.8) is 0 Å². The van der Waals surface area contributed by atoms with Gasteiger partial charge in [0.25, 0.3) is 5.91 Å². The predicted molar refractivity (Wildman–Crippen MR) is 76.8 cm³/mol. The number of thiophene rings is 1. The van der Waals surface area contributed by atoms with Crippen LogP contribution < -0.4 is 5.32 Å². The number of nitrogens with one attached hydrogen (secondary N) is 1. The summed E-state index contributed by atoms with van der Waals surface area (Å²) in [5.74, 6) is -0.510. The van der Waals surface area contributed by atoms with Gasteiger partial charge in [-0.15, -0.1) is 11.3 Å². The van der Waals surface area contributed by atoms with Gasteiger partial charge in [-0.25, -0.2) is 4.79 Å². The maximum atomic E-state index is 12.3. The minimum Gasteiger partial charge on any atom is -0.323 e. The Labute approximate surface area is 122 Å². The molecule has 2 heterocycles. The molecule has 5 nitrogen and oxygen atoms in total. The van der Waals surface area contributed by atoms with Crippen molar-refractivity contribution in [2.24, 2.45) is 0 Å². The number of urea groups is 1. The molecule has 1 unspecified atom stereocenters. The third-order valence-corrected chi connectivity index (χ3v) is 4.38. The first-order valence-corrected chi connectivity index (χ1v) is 7.56. The Hall–Kier alpha value is -1.69. The van der Waals surface area contributed by atoms with Crippen LogP contribution in [0.4, 0.5) is 4.79 Å². The number of rotatable bonds is 6. The van der Waals surface area contributed by atoms with E-state index in [-0.39, 0.29) is 18.2 Å². The fourth-order valence-corrected chi connectivity index (χ4v) is 2.91. The van der Waals surface area contributed by atoms with E-state index in [0.717, 1.165) is 17.7 Å². The van der Waals surface area contributed by atoms with E-state index >= 15 is 0 Å². The molecule has 6 heteroatoms. The van der Waals surface area contributed by atoms with E-state index in [1.54, 1.807) is 24.4 Å². The van der Waals surface area contributed by atoms with Crippen LogP contribution in [0.25, 0.3) is 0 Å². The number of amides is 3. The van der Waals surface area contributed by atoms with Crippen molar-refractivity contribution >= 4 is 29.1 Å². The third-order valence-electron chi connectivity index (χ3n) is 3.47. The van der Waals surface area contributed by atoms with Gasteiger partial charge in [0.1, 0.15) is 5.54 Å². The summed E-state index contributed by atoms with van der Waals surface area (Å²) in [5, 5.41) is 4.50. The molecule has 0 spiro atoms. The number of nitrogens with zero attached hydrogens (tertiary/aromatic N) is 1. The summed E-state index contributed by atoms with van der Waals surface area (Å²) in [6.45, 7) is 3.56. The smallest absolute Gasteiger partial charge is 0.323 e. The standard InChI is InChI=1S/C14H18N2O3S/c1-3-4-7-14(2)12(18)16(13(19)15-14)9-10(17)11-6-5-8-20-11/h5-6,8H,3-4,7,9H2,1-2H3,(H,15,19). The van der Waals surface area contributed by atoms with E-state index in [2.05, 4.69) is 5.32 Å². The molecule has 3 amide bonds. The van der Waals surface area contributed by atoms with Crippen LogP contribution in [0.15, 0.2) is 17.5 Å². The van der Waals surface area contributed by atoms with Crippen LogP contribution in [0.1, 0.15) is 42.8 Å². The zero-order valence-electron chi connectivity index (χ0n) is 11.6. The Bertz CT molecular complexity index is 527. The van der Waals surface area contributed by atoms with Gasteiger partial charge in [0, 0.05) is 0 Å². The van der Waals surface area contributed by atoms with Crippen LogP contribution in [0.5, 0.6) is 0 Å². The fourth-order valence-electron chi connectivity index (χ4n) is 2.25. The van der Waals surface area contributed by atoms with Gasteiger partial charge < -0.3 is 5.32 Å². The molecule has 1 aliphatic rings. The minimum atomic E-state index is -0.872. The van der Waals surface area contributed by atoms with Crippen molar-refractivity contribution in [2.75, 3.05) is 6.54 Å². The molecule has 2 rings (SSSR count). The van der Waals surface area contributed by atoms with Crippen LogP contribution in [-0.4, -0.2) is 34.7 Å². The highest BCUT2D eigenvalue weighted by molar-refractivity contribution is 7.12. The average Bonchev–Trinajstić information content (AvgIpc) is 3.01. The molecule has 20 heavy (non-hydrogen) atoms. The van der Waals surface area contributed by atoms with E-state index in [9.17, 15) is 14.4 Å². The molecule has 0 saturated carbocycles. The molecule has 108 valence electrons. The first kappa shape index (κ1) is 14.7. The lowest BCUT2D eigenvalue weighted by molar-refractivity contribution is -0.130. The second-order valence-electron chi connectivity index (χ2n) is 5.16. The number of ketones is 1. The Balaban J connectivity index is 2.07. The fraction of sp³-hybridized carbons (Fsp3) is 0.500. The highest BCUT2D eigenvalue weighted by atomic mass is 32.1. The van der Waals surface area contributed by atoms with Gasteiger partial charge in [-0.3, -0.25) is 14.5 Å². The number of imide groups is 1. The number of carbonyl (C=O) groups is 3. The summed E-state index contributed by atoms with van der Waals surface area (Å²) < 4.78 is 0. The zero-order valence-corrected chi connectivity index (χ0v) is 12.5. The number of carbonyl (C=O) groups excluding carboxylic acids is 3. The topological polar surface area (TPSA) is 66.5 Å². The molecule has 0 aromatic carbocycles. The molecule has 1 aromatic rings. The second-order valence-corrected chi connectivity index (χ2v) is 6.11. The van der Waals surface area contributed by atoms with Crippen molar-refractivity contribution in [1.82, 2.24) is 10.2 Å². The maximum absolute atomic E-state index is 12.3. The van der Waals surface area contributed by atoms with Gasteiger partial charge in [0.2, 0.25) is 0 Å². The lowest BCUT2D eigenvalue weighted by atomic mass is 9.95. The Morgan fingerprint density at radius 1 is 1.45 bits per heavy atom. The van der Waals surface area contributed by atoms with Gasteiger partial charge in [-0.05, 0) is 24.8 Å². The van der Waals surface area contributed by atoms with Gasteiger partial charge in [-0.1, -0.05) is 25.8 Å². The summed E-state index contributed by atoms with van der Waals surface area (Å²) >= 11 is 1.31. The monoisotopic (exact) mass is 294 g/mol. The van der Waals surface area contributed by atoms with Crippen molar-refractivity contribution < 1.29 is 14.4 Å². The van der Waals surface area contributed by atoms with Gasteiger partial charge in [0.15, 0.2) is 5.78 Å². The van der Waals surface area contributed by atoms with E-state index < -0.39 is 11.6 Å². The second kappa shape index (κ2) is 5.75. The summed E-state index contributed by atoms with van der Waals surface area (Å²) in [7, 11) is 0. The number of Topliss-reactive ketones (excluding diaryl/α,β-unsaturated/α-hetero) is 1. The molecule has 1 atom stereocenters. The van der Waals surface area contributed by atoms with Crippen molar-refractivity contribution in [3.05, 3.63) is 22.4 Å². The molecule has 0 bridgehead atoms. The van der Waals surface area contributed by atoms with E-state index in [4.69, 9.17) is 0 Å². The third kappa shape index (κ3) is 2.75. The molecule has 1 aromatic heterocycles. The van der Waals surface area contributed by atoms with Crippen LogP contribution in [0.3, 0.4) is 0 Å². The first-order valence-electron chi connectivity index (χ1n) is 6.69. The molecule has 1 saturated heterocycles. The van der Waals surface area contributed by atoms with Crippen LogP contribution >= 0.6 is 11.3 Å². The predicted octanol–water partition coefficient (Wildman–Crippen LogP) is 2.43. The van der Waals surface area contributed by atoms with Crippen molar-refractivity contribution in [1.29, 1.82) is 0 Å². The molecule has 0 radical (unpaired) electrons. The SMILES string of the molecule is CCCCC1(C)NC(=O)N(CC(=O)c2cccs2)C1=O. The normalized spacial score (nSPS) is 22.2. The van der Waals surface area contributed by atoms with E-state index in [1.807, 2.05) is 6.92 Å². The van der Waals surface area contributed by atoms with Crippen LogP contribution in [0, 0.1) is 0 Å². The minimum absolute atomic E-state index is 0.188. The quantitative estimate of drug-likeness (QED) is 0.647. The van der Waals surface area contributed by atoms with Gasteiger partial charge >= 0.3 is 6.03 Å². The van der Waals surface area contributed by atoms with E-state index in [0.29, 0.717) is 11.3 Å². The number of unbranched alkanes of at least 4 members (excludes halogenated alkanes) is 1. The molecule has 0 aliphatic carbocycles. The van der Waals surface area contributed by atoms with Gasteiger partial charge in [-0.2, -0.15) is 0 Å². The van der Waals surface area contributed by atoms with Crippen molar-refractivity contribution in [3.8, 4) is 0 Å². The van der Waals surface area contributed by atoms with Crippen molar-refractivity contribution in [2.45, 2.75) is 38.6 Å². The van der Waals surface area contributed by atoms with Crippen LogP contribution in [0.2, 0.25) is 0 Å².